The molecule has 0 amide bonds. The van der Waals surface area contributed by atoms with Crippen LogP contribution in [0.3, 0.4) is 0 Å². The summed E-state index contributed by atoms with van der Waals surface area (Å²) in [5, 5.41) is 12.9. The van der Waals surface area contributed by atoms with E-state index in [0.717, 1.165) is 16.7 Å². The Bertz CT molecular complexity index is 433. The molecule has 0 bridgehead atoms. The van der Waals surface area contributed by atoms with Crippen LogP contribution in [0, 0.1) is 0 Å². The number of benzene rings is 1. The van der Waals surface area contributed by atoms with E-state index >= 15 is 0 Å². The fourth-order valence-electron chi connectivity index (χ4n) is 1.98. The third kappa shape index (κ3) is 3.65. The Morgan fingerprint density at radius 3 is 2.94 bits per heavy atom. The van der Waals surface area contributed by atoms with Gasteiger partial charge in [-0.2, -0.15) is 11.8 Å². The molecule has 0 aliphatic carbocycles. The number of anilines is 1. The van der Waals surface area contributed by atoms with Crippen molar-refractivity contribution in [3.63, 3.8) is 0 Å². The third-order valence-corrected chi connectivity index (χ3v) is 5.06. The van der Waals surface area contributed by atoms with E-state index < -0.39 is 5.97 Å². The molecule has 0 radical (unpaired) electrons. The molecule has 1 unspecified atom stereocenters. The largest absolute Gasteiger partial charge is 0.478 e. The molecule has 1 saturated heterocycles. The van der Waals surface area contributed by atoms with E-state index in [1.54, 1.807) is 12.1 Å². The van der Waals surface area contributed by atoms with Crippen LogP contribution in [0.15, 0.2) is 22.7 Å². The highest BCUT2D eigenvalue weighted by molar-refractivity contribution is 9.10. The summed E-state index contributed by atoms with van der Waals surface area (Å²) in [5.41, 5.74) is 1.27. The minimum atomic E-state index is -0.898. The third-order valence-electron chi connectivity index (χ3n) is 3.01. The number of carbonyl (C=O) groups is 1. The highest BCUT2D eigenvalue weighted by atomic mass is 79.9. The molecule has 1 fully saturated rings. The summed E-state index contributed by atoms with van der Waals surface area (Å²) in [6, 6.07) is 5.09. The number of halogens is 1. The van der Waals surface area contributed by atoms with E-state index in [0.29, 0.717) is 10.8 Å². The van der Waals surface area contributed by atoms with E-state index in [4.69, 9.17) is 5.11 Å². The summed E-state index contributed by atoms with van der Waals surface area (Å²) in [6.07, 6.45) is 3.92. The standard InChI is InChI=1S/C13H16BrNO2S/c14-11-7-9(13(16)17)4-5-12(11)15-8-10-3-1-2-6-18-10/h4-5,7,10,15H,1-3,6,8H2,(H,16,17). The van der Waals surface area contributed by atoms with Crippen molar-refractivity contribution in [2.45, 2.75) is 24.5 Å². The molecule has 0 saturated carbocycles. The minimum absolute atomic E-state index is 0.305. The number of aromatic carboxylic acids is 1. The van der Waals surface area contributed by atoms with Gasteiger partial charge in [-0.15, -0.1) is 0 Å². The van der Waals surface area contributed by atoms with E-state index in [2.05, 4.69) is 21.2 Å². The van der Waals surface area contributed by atoms with Crippen LogP contribution in [0.25, 0.3) is 0 Å². The molecule has 1 aliphatic rings. The van der Waals surface area contributed by atoms with Crippen molar-refractivity contribution < 1.29 is 9.90 Å². The lowest BCUT2D eigenvalue weighted by Crippen LogP contribution is -2.20. The molecule has 1 aliphatic heterocycles. The normalized spacial score (nSPS) is 19.5. The van der Waals surface area contributed by atoms with Gasteiger partial charge in [0.15, 0.2) is 0 Å². The monoisotopic (exact) mass is 329 g/mol. The summed E-state index contributed by atoms with van der Waals surface area (Å²) in [5.74, 6) is 0.357. The first-order chi connectivity index (χ1) is 8.66. The molecule has 1 atom stereocenters. The van der Waals surface area contributed by atoms with Crippen LogP contribution in [0.5, 0.6) is 0 Å². The van der Waals surface area contributed by atoms with Crippen LogP contribution >= 0.6 is 27.7 Å². The van der Waals surface area contributed by atoms with E-state index in [9.17, 15) is 4.79 Å². The van der Waals surface area contributed by atoms with Gasteiger partial charge >= 0.3 is 5.97 Å². The van der Waals surface area contributed by atoms with Crippen molar-refractivity contribution in [1.29, 1.82) is 0 Å². The van der Waals surface area contributed by atoms with Crippen LogP contribution in [0.4, 0.5) is 5.69 Å². The average Bonchev–Trinajstić information content (AvgIpc) is 2.38. The molecule has 0 aromatic heterocycles. The molecular weight excluding hydrogens is 314 g/mol. The fourth-order valence-corrected chi connectivity index (χ4v) is 3.74. The number of rotatable bonds is 4. The van der Waals surface area contributed by atoms with Crippen LogP contribution in [-0.4, -0.2) is 28.6 Å². The molecule has 0 spiro atoms. The Balaban J connectivity index is 1.94. The van der Waals surface area contributed by atoms with E-state index in [1.165, 1.54) is 25.0 Å². The van der Waals surface area contributed by atoms with Gasteiger partial charge in [-0.25, -0.2) is 4.79 Å². The predicted molar refractivity (Wildman–Crippen MR) is 79.7 cm³/mol. The van der Waals surface area contributed by atoms with Crippen molar-refractivity contribution >= 4 is 39.3 Å². The number of hydrogen-bond acceptors (Lipinski definition) is 3. The zero-order chi connectivity index (χ0) is 13.0. The first-order valence-corrected chi connectivity index (χ1v) is 7.89. The zero-order valence-corrected chi connectivity index (χ0v) is 12.4. The number of carboxylic acids is 1. The Hall–Kier alpha value is -0.680. The Labute approximate surface area is 119 Å². The average molecular weight is 330 g/mol. The zero-order valence-electron chi connectivity index (χ0n) is 9.99. The van der Waals surface area contributed by atoms with E-state index in [1.807, 2.05) is 17.8 Å². The summed E-state index contributed by atoms with van der Waals surface area (Å²) in [7, 11) is 0. The number of hydrogen-bond donors (Lipinski definition) is 2. The second kappa shape index (κ2) is 6.48. The highest BCUT2D eigenvalue weighted by Crippen LogP contribution is 2.27. The van der Waals surface area contributed by atoms with Crippen molar-refractivity contribution in [3.05, 3.63) is 28.2 Å². The summed E-state index contributed by atoms with van der Waals surface area (Å²) >= 11 is 5.43. The van der Waals surface area contributed by atoms with Gasteiger partial charge in [0.2, 0.25) is 0 Å². The van der Waals surface area contributed by atoms with Crippen LogP contribution in [0.2, 0.25) is 0 Å². The molecule has 1 heterocycles. The number of carboxylic acid groups (broad SMARTS) is 1. The molecule has 18 heavy (non-hydrogen) atoms. The van der Waals surface area contributed by atoms with Gasteiger partial charge < -0.3 is 10.4 Å². The van der Waals surface area contributed by atoms with Gasteiger partial charge in [0, 0.05) is 22.0 Å². The molecule has 98 valence electrons. The van der Waals surface area contributed by atoms with E-state index in [-0.39, 0.29) is 0 Å². The molecule has 1 aromatic rings. The number of nitrogens with one attached hydrogen (secondary N) is 1. The maximum atomic E-state index is 10.8. The first kappa shape index (κ1) is 13.7. The maximum Gasteiger partial charge on any atom is 0.335 e. The molecule has 2 rings (SSSR count). The van der Waals surface area contributed by atoms with Crippen LogP contribution in [0.1, 0.15) is 29.6 Å². The predicted octanol–water partition coefficient (Wildman–Crippen LogP) is 3.84. The van der Waals surface area contributed by atoms with Crippen molar-refractivity contribution in [3.8, 4) is 0 Å². The van der Waals surface area contributed by atoms with Gasteiger partial charge in [0.1, 0.15) is 0 Å². The lowest BCUT2D eigenvalue weighted by molar-refractivity contribution is 0.0697. The fraction of sp³-hybridized carbons (Fsp3) is 0.462. The van der Waals surface area contributed by atoms with Crippen LogP contribution < -0.4 is 5.32 Å². The molecule has 2 N–H and O–H groups in total. The first-order valence-electron chi connectivity index (χ1n) is 6.05. The molecule has 3 nitrogen and oxygen atoms in total. The minimum Gasteiger partial charge on any atom is -0.478 e. The van der Waals surface area contributed by atoms with Gasteiger partial charge in [-0.3, -0.25) is 0 Å². The summed E-state index contributed by atoms with van der Waals surface area (Å²) in [6.45, 7) is 0.940. The Kier molecular flexibility index (Phi) is 4.95. The summed E-state index contributed by atoms with van der Waals surface area (Å²) in [4.78, 5) is 10.8. The van der Waals surface area contributed by atoms with Crippen molar-refractivity contribution in [2.75, 3.05) is 17.6 Å². The Morgan fingerprint density at radius 1 is 1.50 bits per heavy atom. The molecular formula is C13H16BrNO2S. The maximum absolute atomic E-state index is 10.8. The van der Waals surface area contributed by atoms with Crippen molar-refractivity contribution in [2.24, 2.45) is 0 Å². The summed E-state index contributed by atoms with van der Waals surface area (Å²) < 4.78 is 0.809. The van der Waals surface area contributed by atoms with Gasteiger partial charge in [0.25, 0.3) is 0 Å². The second-order valence-electron chi connectivity index (χ2n) is 4.37. The SMILES string of the molecule is O=C(O)c1ccc(NCC2CCCCS2)c(Br)c1. The lowest BCUT2D eigenvalue weighted by atomic mass is 10.1. The molecule has 1 aromatic carbocycles. The highest BCUT2D eigenvalue weighted by Gasteiger charge is 2.14. The van der Waals surface area contributed by atoms with Crippen LogP contribution in [-0.2, 0) is 0 Å². The van der Waals surface area contributed by atoms with Gasteiger partial charge in [-0.1, -0.05) is 6.42 Å². The van der Waals surface area contributed by atoms with Gasteiger partial charge in [0.05, 0.1) is 5.56 Å². The Morgan fingerprint density at radius 2 is 2.33 bits per heavy atom. The lowest BCUT2D eigenvalue weighted by Gasteiger charge is -2.22. The molecule has 5 heteroatoms. The number of thioether (sulfide) groups is 1. The van der Waals surface area contributed by atoms with Crippen molar-refractivity contribution in [1.82, 2.24) is 0 Å². The second-order valence-corrected chi connectivity index (χ2v) is 6.63. The smallest absolute Gasteiger partial charge is 0.335 e. The topological polar surface area (TPSA) is 49.3 Å². The van der Waals surface area contributed by atoms with Gasteiger partial charge in [-0.05, 0) is 52.7 Å². The quantitative estimate of drug-likeness (QED) is 0.880.